The fourth-order valence-electron chi connectivity index (χ4n) is 3.84. The average Bonchev–Trinajstić information content (AvgIpc) is 3.11. The minimum absolute atomic E-state index is 0.0277. The van der Waals surface area contributed by atoms with Crippen LogP contribution in [0.3, 0.4) is 0 Å². The first-order valence-corrected chi connectivity index (χ1v) is 8.81. The summed E-state index contributed by atoms with van der Waals surface area (Å²) in [7, 11) is 0. The van der Waals surface area contributed by atoms with Gasteiger partial charge in [-0.25, -0.2) is 0 Å². The SMILES string of the molecule is c1ccc(CN2CCOC3(CCN(Cc4ccoc4)CC3)C2)nc1. The summed E-state index contributed by atoms with van der Waals surface area (Å²) in [5.74, 6) is 0. The highest BCUT2D eigenvalue weighted by atomic mass is 16.5. The molecule has 24 heavy (non-hydrogen) atoms. The lowest BCUT2D eigenvalue weighted by molar-refractivity contribution is -0.138. The van der Waals surface area contributed by atoms with E-state index in [1.54, 1.807) is 6.26 Å². The monoisotopic (exact) mass is 327 g/mol. The van der Waals surface area contributed by atoms with Gasteiger partial charge in [0, 0.05) is 51.0 Å². The number of nitrogens with zero attached hydrogens (tertiary/aromatic N) is 3. The van der Waals surface area contributed by atoms with Crippen LogP contribution in [0.15, 0.2) is 47.4 Å². The Labute approximate surface area is 143 Å². The molecule has 2 aromatic heterocycles. The maximum absolute atomic E-state index is 6.25. The van der Waals surface area contributed by atoms with Crippen LogP contribution >= 0.6 is 0 Å². The van der Waals surface area contributed by atoms with Crippen LogP contribution in [-0.2, 0) is 17.8 Å². The Hall–Kier alpha value is -1.69. The van der Waals surface area contributed by atoms with Crippen LogP contribution in [0.4, 0.5) is 0 Å². The predicted molar refractivity (Wildman–Crippen MR) is 91.4 cm³/mol. The fourth-order valence-corrected chi connectivity index (χ4v) is 3.84. The predicted octanol–water partition coefficient (Wildman–Crippen LogP) is 2.54. The van der Waals surface area contributed by atoms with Crippen LogP contribution in [0.2, 0.25) is 0 Å². The lowest BCUT2D eigenvalue weighted by Gasteiger charge is -2.47. The molecule has 4 heterocycles. The number of furan rings is 1. The molecule has 128 valence electrons. The highest BCUT2D eigenvalue weighted by Gasteiger charge is 2.39. The summed E-state index contributed by atoms with van der Waals surface area (Å²) < 4.78 is 11.4. The summed E-state index contributed by atoms with van der Waals surface area (Å²) in [5.41, 5.74) is 2.43. The Morgan fingerprint density at radius 3 is 2.71 bits per heavy atom. The Morgan fingerprint density at radius 2 is 1.96 bits per heavy atom. The minimum atomic E-state index is 0.0277. The normalized spacial score (nSPS) is 22.0. The number of rotatable bonds is 4. The van der Waals surface area contributed by atoms with Crippen molar-refractivity contribution in [2.24, 2.45) is 0 Å². The highest BCUT2D eigenvalue weighted by molar-refractivity contribution is 5.06. The van der Waals surface area contributed by atoms with E-state index in [0.717, 1.165) is 64.4 Å². The summed E-state index contributed by atoms with van der Waals surface area (Å²) >= 11 is 0. The van der Waals surface area contributed by atoms with E-state index in [9.17, 15) is 0 Å². The quantitative estimate of drug-likeness (QED) is 0.863. The van der Waals surface area contributed by atoms with Gasteiger partial charge in [0.1, 0.15) is 0 Å². The molecule has 0 amide bonds. The summed E-state index contributed by atoms with van der Waals surface area (Å²) in [6, 6.07) is 8.19. The van der Waals surface area contributed by atoms with E-state index in [2.05, 4.69) is 33.0 Å². The van der Waals surface area contributed by atoms with Crippen LogP contribution in [0.25, 0.3) is 0 Å². The molecule has 0 atom stereocenters. The van der Waals surface area contributed by atoms with Gasteiger partial charge in [0.15, 0.2) is 0 Å². The smallest absolute Gasteiger partial charge is 0.0947 e. The lowest BCUT2D eigenvalue weighted by Crippen LogP contribution is -2.56. The third kappa shape index (κ3) is 3.69. The number of hydrogen-bond acceptors (Lipinski definition) is 5. The van der Waals surface area contributed by atoms with E-state index in [1.807, 2.05) is 18.5 Å². The van der Waals surface area contributed by atoms with Gasteiger partial charge in [-0.15, -0.1) is 0 Å². The third-order valence-corrected chi connectivity index (χ3v) is 5.19. The molecule has 0 radical (unpaired) electrons. The topological polar surface area (TPSA) is 41.7 Å². The van der Waals surface area contributed by atoms with Crippen molar-refractivity contribution in [2.45, 2.75) is 31.5 Å². The number of aromatic nitrogens is 1. The Balaban J connectivity index is 1.32. The van der Waals surface area contributed by atoms with Crippen LogP contribution in [0, 0.1) is 0 Å². The van der Waals surface area contributed by atoms with Crippen LogP contribution < -0.4 is 0 Å². The van der Waals surface area contributed by atoms with E-state index < -0.39 is 0 Å². The van der Waals surface area contributed by atoms with E-state index in [4.69, 9.17) is 9.15 Å². The Kier molecular flexibility index (Phi) is 4.65. The number of piperidine rings is 1. The first-order chi connectivity index (χ1) is 11.8. The molecule has 0 N–H and O–H groups in total. The fraction of sp³-hybridized carbons (Fsp3) is 0.526. The maximum Gasteiger partial charge on any atom is 0.0947 e. The zero-order valence-corrected chi connectivity index (χ0v) is 14.1. The van der Waals surface area contributed by atoms with Gasteiger partial charge >= 0.3 is 0 Å². The van der Waals surface area contributed by atoms with Gasteiger partial charge in [0.2, 0.25) is 0 Å². The molecule has 0 unspecified atom stereocenters. The molecule has 0 bridgehead atoms. The van der Waals surface area contributed by atoms with Crippen LogP contribution in [-0.4, -0.2) is 53.2 Å². The van der Waals surface area contributed by atoms with Crippen molar-refractivity contribution in [3.8, 4) is 0 Å². The van der Waals surface area contributed by atoms with Crippen LogP contribution in [0.5, 0.6) is 0 Å². The molecular formula is C19H25N3O2. The molecular weight excluding hydrogens is 302 g/mol. The highest BCUT2D eigenvalue weighted by Crippen LogP contribution is 2.31. The number of pyridine rings is 1. The van der Waals surface area contributed by atoms with Gasteiger partial charge < -0.3 is 9.15 Å². The summed E-state index contributed by atoms with van der Waals surface area (Å²) in [6.45, 7) is 6.91. The molecule has 2 fully saturated rings. The van der Waals surface area contributed by atoms with Crippen molar-refractivity contribution >= 4 is 0 Å². The number of morpholine rings is 1. The first kappa shape index (κ1) is 15.8. The van der Waals surface area contributed by atoms with Crippen molar-refractivity contribution in [3.05, 3.63) is 54.2 Å². The van der Waals surface area contributed by atoms with E-state index in [1.165, 1.54) is 5.56 Å². The minimum Gasteiger partial charge on any atom is -0.472 e. The van der Waals surface area contributed by atoms with Gasteiger partial charge in [0.05, 0.1) is 30.4 Å². The molecule has 2 aliphatic rings. The molecule has 0 saturated carbocycles. The number of likely N-dealkylation sites (tertiary alicyclic amines) is 1. The van der Waals surface area contributed by atoms with Crippen molar-refractivity contribution in [1.82, 2.24) is 14.8 Å². The van der Waals surface area contributed by atoms with Crippen molar-refractivity contribution in [2.75, 3.05) is 32.8 Å². The second-order valence-corrected chi connectivity index (χ2v) is 6.97. The maximum atomic E-state index is 6.25. The van der Waals surface area contributed by atoms with E-state index in [0.29, 0.717) is 0 Å². The third-order valence-electron chi connectivity index (χ3n) is 5.19. The van der Waals surface area contributed by atoms with Crippen molar-refractivity contribution in [1.29, 1.82) is 0 Å². The second-order valence-electron chi connectivity index (χ2n) is 6.97. The zero-order chi connectivity index (χ0) is 16.2. The number of hydrogen-bond donors (Lipinski definition) is 0. The van der Waals surface area contributed by atoms with Gasteiger partial charge in [-0.1, -0.05) is 6.07 Å². The molecule has 5 nitrogen and oxygen atoms in total. The second kappa shape index (κ2) is 7.05. The Morgan fingerprint density at radius 1 is 1.04 bits per heavy atom. The van der Waals surface area contributed by atoms with E-state index >= 15 is 0 Å². The van der Waals surface area contributed by atoms with Gasteiger partial charge in [-0.2, -0.15) is 0 Å². The standard InChI is InChI=1S/C19H25N3O2/c1-2-7-20-18(3-1)14-22-10-12-24-19(16-22)5-8-21(9-6-19)13-17-4-11-23-15-17/h1-4,7,11,15H,5-6,8-10,12-14,16H2. The van der Waals surface area contributed by atoms with Gasteiger partial charge in [0.25, 0.3) is 0 Å². The van der Waals surface area contributed by atoms with Crippen molar-refractivity contribution in [3.63, 3.8) is 0 Å². The van der Waals surface area contributed by atoms with Gasteiger partial charge in [-0.05, 0) is 31.0 Å². The largest absolute Gasteiger partial charge is 0.472 e. The van der Waals surface area contributed by atoms with E-state index in [-0.39, 0.29) is 5.60 Å². The molecule has 2 aliphatic heterocycles. The zero-order valence-electron chi connectivity index (χ0n) is 14.1. The Bertz CT molecular complexity index is 621. The molecule has 2 saturated heterocycles. The molecule has 0 aliphatic carbocycles. The molecule has 5 heteroatoms. The molecule has 4 rings (SSSR count). The first-order valence-electron chi connectivity index (χ1n) is 8.81. The van der Waals surface area contributed by atoms with Crippen LogP contribution in [0.1, 0.15) is 24.1 Å². The number of ether oxygens (including phenoxy) is 1. The molecule has 1 spiro atoms. The van der Waals surface area contributed by atoms with Crippen molar-refractivity contribution < 1.29 is 9.15 Å². The van der Waals surface area contributed by atoms with Gasteiger partial charge in [-0.3, -0.25) is 14.8 Å². The lowest BCUT2D eigenvalue weighted by atomic mass is 9.89. The summed E-state index contributed by atoms with van der Waals surface area (Å²) in [6.07, 6.45) is 7.67. The molecule has 0 aromatic carbocycles. The average molecular weight is 327 g/mol. The summed E-state index contributed by atoms with van der Waals surface area (Å²) in [5, 5.41) is 0. The molecule has 2 aromatic rings. The summed E-state index contributed by atoms with van der Waals surface area (Å²) in [4.78, 5) is 9.46.